The number of fused-ring (bicyclic) bond motifs is 2. The van der Waals surface area contributed by atoms with Gasteiger partial charge in [-0.1, -0.05) is 12.1 Å². The molecular formula is C26H26FN3. The van der Waals surface area contributed by atoms with Gasteiger partial charge >= 0.3 is 0 Å². The number of aryl methyl sites for hydroxylation is 1. The molecule has 0 N–H and O–H groups in total. The molecule has 4 aliphatic rings. The van der Waals surface area contributed by atoms with E-state index in [9.17, 15) is 4.39 Å². The van der Waals surface area contributed by atoms with Gasteiger partial charge in [0.2, 0.25) is 0 Å². The maximum absolute atomic E-state index is 13.5. The number of hydrogen-bond acceptors (Lipinski definition) is 3. The minimum absolute atomic E-state index is 0.107. The van der Waals surface area contributed by atoms with E-state index >= 15 is 0 Å². The zero-order chi connectivity index (χ0) is 20.5. The highest BCUT2D eigenvalue weighted by atomic mass is 19.1. The summed E-state index contributed by atoms with van der Waals surface area (Å²) in [6.45, 7) is 3.13. The second-order valence-corrected chi connectivity index (χ2v) is 8.67. The Balaban J connectivity index is 1.20. The van der Waals surface area contributed by atoms with Crippen LogP contribution in [0.25, 0.3) is 0 Å². The predicted molar refractivity (Wildman–Crippen MR) is 118 cm³/mol. The van der Waals surface area contributed by atoms with Crippen LogP contribution in [-0.2, 0) is 6.42 Å². The van der Waals surface area contributed by atoms with Gasteiger partial charge in [-0.25, -0.2) is 4.39 Å². The smallest absolute Gasteiger partial charge is 0.106 e. The fourth-order valence-corrected chi connectivity index (χ4v) is 5.19. The molecule has 1 aromatic rings. The Bertz CT molecular complexity index is 1060. The molecule has 0 aromatic heterocycles. The first-order valence-electron chi connectivity index (χ1n) is 11.0. The van der Waals surface area contributed by atoms with Crippen molar-refractivity contribution in [3.63, 3.8) is 0 Å². The molecule has 2 heterocycles. The van der Waals surface area contributed by atoms with Crippen LogP contribution in [0.2, 0.25) is 0 Å². The van der Waals surface area contributed by atoms with Crippen LogP contribution in [0.1, 0.15) is 54.7 Å². The van der Waals surface area contributed by atoms with Crippen LogP contribution in [-0.4, -0.2) is 30.2 Å². The van der Waals surface area contributed by atoms with Crippen molar-refractivity contribution in [2.24, 2.45) is 4.99 Å². The molecule has 2 aliphatic carbocycles. The van der Waals surface area contributed by atoms with Crippen molar-refractivity contribution in [2.45, 2.75) is 44.4 Å². The Morgan fingerprint density at radius 2 is 2.13 bits per heavy atom. The summed E-state index contributed by atoms with van der Waals surface area (Å²) >= 11 is 0. The van der Waals surface area contributed by atoms with E-state index in [2.05, 4.69) is 34.2 Å². The summed E-state index contributed by atoms with van der Waals surface area (Å²) in [7, 11) is 0. The summed E-state index contributed by atoms with van der Waals surface area (Å²) in [5, 5.41) is 9.16. The molecule has 2 aliphatic heterocycles. The fraction of sp³-hybridized carbons (Fsp3) is 0.385. The topological polar surface area (TPSA) is 39.4 Å². The van der Waals surface area contributed by atoms with Gasteiger partial charge in [-0.3, -0.25) is 9.89 Å². The number of halogens is 1. The Hall–Kier alpha value is -2.77. The lowest BCUT2D eigenvalue weighted by molar-refractivity contribution is 0.277. The summed E-state index contributed by atoms with van der Waals surface area (Å²) in [6.07, 6.45) is 13.8. The van der Waals surface area contributed by atoms with Gasteiger partial charge in [0.1, 0.15) is 5.83 Å². The number of benzene rings is 1. The van der Waals surface area contributed by atoms with Crippen molar-refractivity contribution in [1.82, 2.24) is 4.90 Å². The number of allylic oxidation sites excluding steroid dienone is 5. The normalized spacial score (nSPS) is 23.3. The third-order valence-corrected chi connectivity index (χ3v) is 6.86. The fourth-order valence-electron chi connectivity index (χ4n) is 5.19. The van der Waals surface area contributed by atoms with E-state index in [1.807, 2.05) is 18.3 Å². The highest BCUT2D eigenvalue weighted by molar-refractivity contribution is 6.09. The summed E-state index contributed by atoms with van der Waals surface area (Å²) in [5.74, 6) is 0.499. The van der Waals surface area contributed by atoms with Gasteiger partial charge in [0.15, 0.2) is 0 Å². The van der Waals surface area contributed by atoms with Crippen LogP contribution >= 0.6 is 0 Å². The number of aliphatic imine (C=N–C) groups is 1. The van der Waals surface area contributed by atoms with Crippen molar-refractivity contribution in [3.8, 4) is 6.07 Å². The average molecular weight is 400 g/mol. The summed E-state index contributed by atoms with van der Waals surface area (Å²) in [6, 6.07) is 8.51. The van der Waals surface area contributed by atoms with Gasteiger partial charge in [0.25, 0.3) is 0 Å². The molecule has 0 bridgehead atoms. The lowest BCUT2D eigenvalue weighted by Gasteiger charge is -2.31. The first-order chi connectivity index (χ1) is 14.7. The average Bonchev–Trinajstić information content (AvgIpc) is 3.20. The molecule has 30 heavy (non-hydrogen) atoms. The van der Waals surface area contributed by atoms with Crippen LogP contribution in [0.3, 0.4) is 0 Å². The second kappa shape index (κ2) is 8.16. The Morgan fingerprint density at radius 3 is 2.97 bits per heavy atom. The second-order valence-electron chi connectivity index (χ2n) is 8.67. The molecule has 1 aromatic carbocycles. The standard InChI is InChI=1S/C26H26FN3/c27-22-5-7-24-25(17-29-26(24)15-22)20-9-12-30(13-10-20)11-8-19-2-1-3-21-14-18(16-28)4-6-23(19)21/h4-7,9,14,17,19H,1-3,8,10-13,15H2. The van der Waals surface area contributed by atoms with E-state index in [0.717, 1.165) is 49.3 Å². The van der Waals surface area contributed by atoms with E-state index in [-0.39, 0.29) is 5.83 Å². The highest BCUT2D eigenvalue weighted by Gasteiger charge is 2.26. The largest absolute Gasteiger partial charge is 0.299 e. The molecule has 5 rings (SSSR count). The van der Waals surface area contributed by atoms with Gasteiger partial charge < -0.3 is 0 Å². The lowest BCUT2D eigenvalue weighted by atomic mass is 9.80. The molecular weight excluding hydrogens is 373 g/mol. The van der Waals surface area contributed by atoms with E-state index in [1.54, 1.807) is 6.08 Å². The Kier molecular flexibility index (Phi) is 5.23. The number of hydrogen-bond donors (Lipinski definition) is 0. The van der Waals surface area contributed by atoms with E-state index in [0.29, 0.717) is 12.3 Å². The molecule has 0 saturated heterocycles. The number of rotatable bonds is 4. The zero-order valence-electron chi connectivity index (χ0n) is 17.2. The highest BCUT2D eigenvalue weighted by Crippen LogP contribution is 2.36. The van der Waals surface area contributed by atoms with Crippen LogP contribution in [0.15, 0.2) is 70.2 Å². The van der Waals surface area contributed by atoms with E-state index in [4.69, 9.17) is 5.26 Å². The van der Waals surface area contributed by atoms with Crippen LogP contribution in [0, 0.1) is 11.3 Å². The third kappa shape index (κ3) is 3.70. The minimum Gasteiger partial charge on any atom is -0.299 e. The van der Waals surface area contributed by atoms with Crippen molar-refractivity contribution < 1.29 is 4.39 Å². The predicted octanol–water partition coefficient (Wildman–Crippen LogP) is 5.52. The van der Waals surface area contributed by atoms with Crippen molar-refractivity contribution in [1.29, 1.82) is 5.26 Å². The van der Waals surface area contributed by atoms with Gasteiger partial charge in [0, 0.05) is 36.9 Å². The van der Waals surface area contributed by atoms with Gasteiger partial charge in [-0.2, -0.15) is 5.26 Å². The van der Waals surface area contributed by atoms with E-state index in [1.165, 1.54) is 41.5 Å². The summed E-state index contributed by atoms with van der Waals surface area (Å²) in [4.78, 5) is 6.98. The molecule has 0 fully saturated rings. The first kappa shape index (κ1) is 19.2. The maximum atomic E-state index is 13.5. The Labute approximate surface area is 177 Å². The number of nitrogens with zero attached hydrogens (tertiary/aromatic N) is 3. The first-order valence-corrected chi connectivity index (χ1v) is 11.0. The van der Waals surface area contributed by atoms with Gasteiger partial charge in [-0.15, -0.1) is 0 Å². The lowest BCUT2D eigenvalue weighted by Crippen LogP contribution is -2.31. The molecule has 0 saturated carbocycles. The maximum Gasteiger partial charge on any atom is 0.106 e. The van der Waals surface area contributed by atoms with E-state index < -0.39 is 0 Å². The van der Waals surface area contributed by atoms with Crippen LogP contribution < -0.4 is 0 Å². The Morgan fingerprint density at radius 1 is 1.20 bits per heavy atom. The monoisotopic (exact) mass is 399 g/mol. The molecule has 1 unspecified atom stereocenters. The minimum atomic E-state index is -0.107. The molecule has 0 spiro atoms. The summed E-state index contributed by atoms with van der Waals surface area (Å²) < 4.78 is 13.5. The molecule has 3 nitrogen and oxygen atoms in total. The molecule has 152 valence electrons. The summed E-state index contributed by atoms with van der Waals surface area (Å²) in [5.41, 5.74) is 8.11. The van der Waals surface area contributed by atoms with Gasteiger partial charge in [0.05, 0.1) is 17.3 Å². The van der Waals surface area contributed by atoms with Crippen molar-refractivity contribution in [3.05, 3.63) is 81.9 Å². The van der Waals surface area contributed by atoms with Crippen molar-refractivity contribution >= 4 is 5.71 Å². The van der Waals surface area contributed by atoms with Crippen LogP contribution in [0.5, 0.6) is 0 Å². The molecule has 1 atom stereocenters. The SMILES string of the molecule is N#Cc1ccc2c(c1)CCCC2CCN1CC=C(C2=CN=C3CC(F)=CC=C23)CC1. The molecule has 0 amide bonds. The molecule has 4 heteroatoms. The molecule has 0 radical (unpaired) electrons. The van der Waals surface area contributed by atoms with Gasteiger partial charge in [-0.05, 0) is 85.6 Å². The number of nitriles is 1. The van der Waals surface area contributed by atoms with Crippen molar-refractivity contribution in [2.75, 3.05) is 19.6 Å². The van der Waals surface area contributed by atoms with Crippen LogP contribution in [0.4, 0.5) is 4.39 Å². The quantitative estimate of drug-likeness (QED) is 0.668. The zero-order valence-corrected chi connectivity index (χ0v) is 17.2. The third-order valence-electron chi connectivity index (χ3n) is 6.86.